The molecule has 3 aliphatic carbocycles. The van der Waals surface area contributed by atoms with Crippen LogP contribution >= 0.6 is 0 Å². The number of fused-ring (bicyclic) bond motifs is 4. The molecular weight excluding hydrogens is 476 g/mol. The van der Waals surface area contributed by atoms with Crippen LogP contribution in [0.4, 0.5) is 26.3 Å². The number of amides is 1. The third-order valence-electron chi connectivity index (χ3n) is 7.68. The average molecular weight is 497 g/mol. The Morgan fingerprint density at radius 1 is 1.03 bits per heavy atom. The molecule has 0 atom stereocenters. The zero-order valence-corrected chi connectivity index (χ0v) is 18.4. The summed E-state index contributed by atoms with van der Waals surface area (Å²) >= 11 is 0. The largest absolute Gasteiger partial charge is 0.503 e. The van der Waals surface area contributed by atoms with Crippen LogP contribution in [0.15, 0.2) is 30.5 Å². The maximum Gasteiger partial charge on any atom is 0.416 e. The number of alkyl halides is 3. The molecule has 3 fully saturated rings. The molecule has 0 aliphatic heterocycles. The molecule has 1 amide bonds. The summed E-state index contributed by atoms with van der Waals surface area (Å²) in [6.07, 6.45) is 1.38. The lowest BCUT2D eigenvalue weighted by Gasteiger charge is -2.53. The van der Waals surface area contributed by atoms with E-state index in [4.69, 9.17) is 5.11 Å². The number of hydrogen-bond acceptors (Lipinski definition) is 3. The average Bonchev–Trinajstić information content (AvgIpc) is 3.29. The number of rotatable bonds is 4. The highest BCUT2D eigenvalue weighted by Crippen LogP contribution is 2.55. The van der Waals surface area contributed by atoms with E-state index in [1.807, 2.05) is 0 Å². The van der Waals surface area contributed by atoms with Crippen molar-refractivity contribution >= 4 is 16.8 Å². The summed E-state index contributed by atoms with van der Waals surface area (Å²) in [4.78, 5) is 12.4. The van der Waals surface area contributed by atoms with Gasteiger partial charge in [-0.25, -0.2) is 8.78 Å². The Morgan fingerprint density at radius 3 is 2.31 bits per heavy atom. The van der Waals surface area contributed by atoms with Crippen LogP contribution in [0, 0.1) is 22.9 Å². The van der Waals surface area contributed by atoms with Gasteiger partial charge in [-0.2, -0.15) is 22.7 Å². The van der Waals surface area contributed by atoms with E-state index >= 15 is 0 Å². The Hall–Kier alpha value is -3.24. The molecule has 6 rings (SSSR count). The SMILES string of the molecule is O=C(NC[C@]12CC[C@](n3cc4cc(C(F)(F)F)ccc4n3)(CC1)CC2)c1cc(F)c(O)c(F)c1F. The lowest BCUT2D eigenvalue weighted by atomic mass is 9.57. The Kier molecular flexibility index (Phi) is 5.30. The van der Waals surface area contributed by atoms with E-state index in [0.717, 1.165) is 12.1 Å². The van der Waals surface area contributed by atoms with Crippen LogP contribution in [-0.2, 0) is 11.7 Å². The molecule has 2 N–H and O–H groups in total. The van der Waals surface area contributed by atoms with E-state index in [9.17, 15) is 31.1 Å². The van der Waals surface area contributed by atoms with Crippen molar-refractivity contribution in [2.24, 2.45) is 5.41 Å². The minimum Gasteiger partial charge on any atom is -0.503 e. The highest BCUT2D eigenvalue weighted by molar-refractivity contribution is 5.94. The second kappa shape index (κ2) is 7.89. The van der Waals surface area contributed by atoms with Crippen molar-refractivity contribution in [3.05, 3.63) is 59.0 Å². The van der Waals surface area contributed by atoms with Gasteiger partial charge in [0.2, 0.25) is 5.82 Å². The van der Waals surface area contributed by atoms with Gasteiger partial charge in [-0.05, 0) is 68.2 Å². The fraction of sp³-hybridized carbons (Fsp3) is 0.417. The molecule has 2 bridgehead atoms. The summed E-state index contributed by atoms with van der Waals surface area (Å²) < 4.78 is 82.2. The van der Waals surface area contributed by atoms with Crippen molar-refractivity contribution in [1.29, 1.82) is 0 Å². The second-order valence-corrected chi connectivity index (χ2v) is 9.63. The molecule has 11 heteroatoms. The Labute approximate surface area is 195 Å². The van der Waals surface area contributed by atoms with Gasteiger partial charge in [0.15, 0.2) is 17.4 Å². The number of benzene rings is 2. The van der Waals surface area contributed by atoms with Gasteiger partial charge in [-0.1, -0.05) is 0 Å². The number of carbonyl (C=O) groups excluding carboxylic acids is 1. The summed E-state index contributed by atoms with van der Waals surface area (Å²) in [5.74, 6) is -7.32. The number of nitrogens with zero attached hydrogens (tertiary/aromatic N) is 2. The van der Waals surface area contributed by atoms with Crippen LogP contribution in [0.1, 0.15) is 54.4 Å². The standard InChI is InChI=1S/C24H21F6N3O2/c25-16-10-15(18(26)19(27)20(16)34)21(35)31-12-22-3-6-23(7-4-22,8-5-22)33-11-13-9-14(24(28,29)30)1-2-17(13)32-33/h1-2,9-11,34H,3-8,12H2,(H,31,35)/t22-,23+. The first-order valence-electron chi connectivity index (χ1n) is 11.1. The number of phenols is 1. The number of carbonyl (C=O) groups is 1. The van der Waals surface area contributed by atoms with E-state index < -0.39 is 46.4 Å². The molecular formula is C24H21F6N3O2. The van der Waals surface area contributed by atoms with Gasteiger partial charge in [0.1, 0.15) is 0 Å². The van der Waals surface area contributed by atoms with Crippen molar-refractivity contribution in [2.45, 2.75) is 50.2 Å². The number of nitrogens with one attached hydrogen (secondary N) is 1. The molecule has 0 radical (unpaired) electrons. The third kappa shape index (κ3) is 3.90. The number of halogens is 6. The van der Waals surface area contributed by atoms with Gasteiger partial charge in [-0.3, -0.25) is 9.48 Å². The van der Waals surface area contributed by atoms with E-state index in [-0.39, 0.29) is 17.5 Å². The van der Waals surface area contributed by atoms with Crippen molar-refractivity contribution < 1.29 is 36.2 Å². The molecule has 0 saturated heterocycles. The summed E-state index contributed by atoms with van der Waals surface area (Å²) in [5, 5.41) is 16.7. The van der Waals surface area contributed by atoms with Crippen LogP contribution in [-0.4, -0.2) is 27.3 Å². The quantitative estimate of drug-likeness (QED) is 0.361. The molecule has 0 unspecified atom stereocenters. The Balaban J connectivity index is 1.29. The van der Waals surface area contributed by atoms with E-state index in [1.165, 1.54) is 6.07 Å². The van der Waals surface area contributed by atoms with Crippen molar-refractivity contribution in [3.8, 4) is 5.75 Å². The monoisotopic (exact) mass is 497 g/mol. The van der Waals surface area contributed by atoms with Crippen molar-refractivity contribution in [1.82, 2.24) is 15.1 Å². The van der Waals surface area contributed by atoms with Gasteiger partial charge < -0.3 is 10.4 Å². The molecule has 5 nitrogen and oxygen atoms in total. The minimum absolute atomic E-state index is 0.182. The van der Waals surface area contributed by atoms with Gasteiger partial charge in [0, 0.05) is 18.1 Å². The molecule has 2 aromatic carbocycles. The molecule has 3 aromatic rings. The highest BCUT2D eigenvalue weighted by Gasteiger charge is 2.50. The molecule has 3 aliphatic rings. The molecule has 1 aromatic heterocycles. The van der Waals surface area contributed by atoms with Crippen LogP contribution in [0.3, 0.4) is 0 Å². The summed E-state index contributed by atoms with van der Waals surface area (Å²) in [7, 11) is 0. The predicted octanol–water partition coefficient (Wildman–Crippen LogP) is 5.66. The minimum atomic E-state index is -4.44. The predicted molar refractivity (Wildman–Crippen MR) is 113 cm³/mol. The van der Waals surface area contributed by atoms with Gasteiger partial charge in [0.05, 0.1) is 22.2 Å². The van der Waals surface area contributed by atoms with Crippen LogP contribution < -0.4 is 5.32 Å². The molecule has 1 heterocycles. The van der Waals surface area contributed by atoms with Crippen molar-refractivity contribution in [2.75, 3.05) is 6.54 Å². The van der Waals surface area contributed by atoms with Gasteiger partial charge >= 0.3 is 6.18 Å². The lowest BCUT2D eigenvalue weighted by molar-refractivity contribution is -0.137. The van der Waals surface area contributed by atoms with Crippen LogP contribution in [0.2, 0.25) is 0 Å². The highest BCUT2D eigenvalue weighted by atomic mass is 19.4. The molecule has 186 valence electrons. The first kappa shape index (κ1) is 23.5. The number of phenolic OH excluding ortho intramolecular Hbond substituents is 1. The number of aromatic nitrogens is 2. The smallest absolute Gasteiger partial charge is 0.416 e. The normalized spacial score (nSPS) is 24.2. The first-order chi connectivity index (χ1) is 16.4. The van der Waals surface area contributed by atoms with Crippen LogP contribution in [0.25, 0.3) is 10.9 Å². The molecule has 0 spiro atoms. The van der Waals surface area contributed by atoms with Gasteiger partial charge in [-0.15, -0.1) is 0 Å². The molecule has 3 saturated carbocycles. The second-order valence-electron chi connectivity index (χ2n) is 9.63. The zero-order chi connectivity index (χ0) is 25.2. The van der Waals surface area contributed by atoms with E-state index in [1.54, 1.807) is 10.9 Å². The first-order valence-corrected chi connectivity index (χ1v) is 11.1. The Bertz CT molecular complexity index is 1310. The molecule has 35 heavy (non-hydrogen) atoms. The summed E-state index contributed by atoms with van der Waals surface area (Å²) in [6, 6.07) is 3.93. The van der Waals surface area contributed by atoms with E-state index in [2.05, 4.69) is 10.4 Å². The Morgan fingerprint density at radius 2 is 1.69 bits per heavy atom. The summed E-state index contributed by atoms with van der Waals surface area (Å²) in [5.41, 5.74) is -1.68. The fourth-order valence-electron chi connectivity index (χ4n) is 5.41. The van der Waals surface area contributed by atoms with Crippen molar-refractivity contribution in [3.63, 3.8) is 0 Å². The van der Waals surface area contributed by atoms with Gasteiger partial charge in [0.25, 0.3) is 5.91 Å². The fourth-order valence-corrected chi connectivity index (χ4v) is 5.41. The topological polar surface area (TPSA) is 67.2 Å². The van der Waals surface area contributed by atoms with Crippen LogP contribution in [0.5, 0.6) is 5.75 Å². The number of hydrogen-bond donors (Lipinski definition) is 2. The van der Waals surface area contributed by atoms with E-state index in [0.29, 0.717) is 55.5 Å². The summed E-state index contributed by atoms with van der Waals surface area (Å²) in [6.45, 7) is 0.182. The zero-order valence-electron chi connectivity index (χ0n) is 18.4. The number of aromatic hydroxyl groups is 1. The maximum absolute atomic E-state index is 14.0. The third-order valence-corrected chi connectivity index (χ3v) is 7.68. The lowest BCUT2D eigenvalue weighted by Crippen LogP contribution is -2.51. The maximum atomic E-state index is 14.0.